The summed E-state index contributed by atoms with van der Waals surface area (Å²) in [6.07, 6.45) is 8.03. The molecular formula is C24H33N3OS. The van der Waals surface area contributed by atoms with E-state index in [0.717, 1.165) is 29.5 Å². The summed E-state index contributed by atoms with van der Waals surface area (Å²) in [6, 6.07) is 7.07. The molecule has 2 heterocycles. The van der Waals surface area contributed by atoms with Gasteiger partial charge in [0.05, 0.1) is 5.69 Å². The number of fused-ring (bicyclic) bond motifs is 1. The van der Waals surface area contributed by atoms with Crippen molar-refractivity contribution in [1.82, 2.24) is 4.98 Å². The average Bonchev–Trinajstić information content (AvgIpc) is 3.24. The Morgan fingerprint density at radius 2 is 2.00 bits per heavy atom. The minimum Gasteiger partial charge on any atom is -0.359 e. The van der Waals surface area contributed by atoms with Gasteiger partial charge in [-0.05, 0) is 49.3 Å². The molecule has 1 aromatic heterocycles. The maximum absolute atomic E-state index is 12.7. The molecule has 0 atom stereocenters. The Balaban J connectivity index is 1.52. The second-order valence-corrected chi connectivity index (χ2v) is 11.0. The molecule has 1 N–H and O–H groups in total. The molecule has 4 nitrogen and oxygen atoms in total. The molecule has 1 aliphatic carbocycles. The van der Waals surface area contributed by atoms with E-state index in [1.165, 1.54) is 48.1 Å². The first-order chi connectivity index (χ1) is 13.8. The van der Waals surface area contributed by atoms with E-state index in [-0.39, 0.29) is 11.3 Å². The third-order valence-corrected chi connectivity index (χ3v) is 6.86. The number of nitrogens with zero attached hydrogens (tertiary/aromatic N) is 2. The zero-order valence-corrected chi connectivity index (χ0v) is 19.0. The normalized spacial score (nSPS) is 17.4. The van der Waals surface area contributed by atoms with Crippen LogP contribution in [-0.4, -0.2) is 23.5 Å². The lowest BCUT2D eigenvalue weighted by Crippen LogP contribution is -2.31. The number of hydrogen-bond donors (Lipinski definition) is 1. The van der Waals surface area contributed by atoms with Gasteiger partial charge in [-0.2, -0.15) is 0 Å². The lowest BCUT2D eigenvalue weighted by Gasteiger charge is -2.23. The number of aryl methyl sites for hydroxylation is 1. The molecule has 0 unspecified atom stereocenters. The van der Waals surface area contributed by atoms with Gasteiger partial charge in [0.25, 0.3) is 0 Å². The van der Waals surface area contributed by atoms with E-state index in [1.54, 1.807) is 11.3 Å². The van der Waals surface area contributed by atoms with Crippen molar-refractivity contribution in [2.24, 2.45) is 5.41 Å². The summed E-state index contributed by atoms with van der Waals surface area (Å²) in [5, 5.41) is 4.71. The van der Waals surface area contributed by atoms with E-state index in [1.807, 2.05) is 4.90 Å². The van der Waals surface area contributed by atoms with E-state index < -0.39 is 0 Å². The number of thiazole rings is 1. The molecule has 4 rings (SSSR count). The Kier molecular flexibility index (Phi) is 5.69. The molecule has 0 radical (unpaired) electrons. The zero-order valence-electron chi connectivity index (χ0n) is 18.2. The SMILES string of the molecule is Cc1sc(NC2CCCCC2)nc1-c1ccc2c(c1)CCN2C(=O)CC(C)(C)C. The van der Waals surface area contributed by atoms with Gasteiger partial charge in [0.15, 0.2) is 5.13 Å². The van der Waals surface area contributed by atoms with Crippen LogP contribution in [0.4, 0.5) is 10.8 Å². The van der Waals surface area contributed by atoms with Crippen molar-refractivity contribution in [2.45, 2.75) is 78.7 Å². The lowest BCUT2D eigenvalue weighted by atomic mass is 9.91. The molecule has 1 aromatic carbocycles. The van der Waals surface area contributed by atoms with Gasteiger partial charge in [-0.3, -0.25) is 4.79 Å². The highest BCUT2D eigenvalue weighted by atomic mass is 32.1. The number of amides is 1. The minimum absolute atomic E-state index is 0.0131. The molecule has 1 aliphatic heterocycles. The summed E-state index contributed by atoms with van der Waals surface area (Å²) in [7, 11) is 0. The number of carbonyl (C=O) groups is 1. The molecule has 0 spiro atoms. The van der Waals surface area contributed by atoms with E-state index in [9.17, 15) is 4.79 Å². The summed E-state index contributed by atoms with van der Waals surface area (Å²) < 4.78 is 0. The molecule has 2 aromatic rings. The first-order valence-corrected chi connectivity index (χ1v) is 11.8. The van der Waals surface area contributed by atoms with Gasteiger partial charge in [0, 0.05) is 35.1 Å². The number of aromatic nitrogens is 1. The molecule has 0 saturated heterocycles. The number of rotatable bonds is 4. The van der Waals surface area contributed by atoms with Gasteiger partial charge in [0.2, 0.25) is 5.91 Å². The van der Waals surface area contributed by atoms with Crippen LogP contribution >= 0.6 is 11.3 Å². The van der Waals surface area contributed by atoms with Crippen LogP contribution < -0.4 is 10.2 Å². The lowest BCUT2D eigenvalue weighted by molar-refractivity contribution is -0.120. The summed E-state index contributed by atoms with van der Waals surface area (Å²) in [6.45, 7) is 9.31. The average molecular weight is 412 g/mol. The molecule has 29 heavy (non-hydrogen) atoms. The van der Waals surface area contributed by atoms with Gasteiger partial charge in [-0.15, -0.1) is 11.3 Å². The summed E-state index contributed by atoms with van der Waals surface area (Å²) in [5.41, 5.74) is 4.60. The number of benzene rings is 1. The molecule has 2 aliphatic rings. The van der Waals surface area contributed by atoms with Crippen LogP contribution in [0.3, 0.4) is 0 Å². The summed E-state index contributed by atoms with van der Waals surface area (Å²) in [5.74, 6) is 0.229. The Labute approximate surface area is 178 Å². The summed E-state index contributed by atoms with van der Waals surface area (Å²) in [4.78, 5) is 20.9. The number of nitrogens with one attached hydrogen (secondary N) is 1. The van der Waals surface area contributed by atoms with Gasteiger partial charge in [-0.25, -0.2) is 4.98 Å². The van der Waals surface area contributed by atoms with Crippen molar-refractivity contribution in [3.8, 4) is 11.3 Å². The highest BCUT2D eigenvalue weighted by molar-refractivity contribution is 7.16. The van der Waals surface area contributed by atoms with Crippen molar-refractivity contribution in [3.63, 3.8) is 0 Å². The Bertz CT molecular complexity index is 890. The molecular weight excluding hydrogens is 378 g/mol. The maximum Gasteiger partial charge on any atom is 0.227 e. The molecule has 1 fully saturated rings. The summed E-state index contributed by atoms with van der Waals surface area (Å²) >= 11 is 1.76. The fourth-order valence-corrected chi connectivity index (χ4v) is 5.42. The molecule has 5 heteroatoms. The van der Waals surface area contributed by atoms with Crippen molar-refractivity contribution in [3.05, 3.63) is 28.6 Å². The number of hydrogen-bond acceptors (Lipinski definition) is 4. The zero-order chi connectivity index (χ0) is 20.6. The Morgan fingerprint density at radius 1 is 1.24 bits per heavy atom. The largest absolute Gasteiger partial charge is 0.359 e. The molecule has 1 saturated carbocycles. The Morgan fingerprint density at radius 3 is 2.72 bits per heavy atom. The Hall–Kier alpha value is -1.88. The first kappa shape index (κ1) is 20.4. The van der Waals surface area contributed by atoms with Gasteiger partial charge in [-0.1, -0.05) is 46.1 Å². The van der Waals surface area contributed by atoms with Crippen LogP contribution in [-0.2, 0) is 11.2 Å². The van der Waals surface area contributed by atoms with E-state index in [2.05, 4.69) is 51.2 Å². The highest BCUT2D eigenvalue weighted by Gasteiger charge is 2.28. The number of anilines is 2. The topological polar surface area (TPSA) is 45.2 Å². The second-order valence-electron chi connectivity index (χ2n) is 9.78. The van der Waals surface area contributed by atoms with Gasteiger partial charge >= 0.3 is 0 Å². The van der Waals surface area contributed by atoms with Crippen LogP contribution in [0.15, 0.2) is 18.2 Å². The molecule has 1 amide bonds. The fraction of sp³-hybridized carbons (Fsp3) is 0.583. The third kappa shape index (κ3) is 4.66. The smallest absolute Gasteiger partial charge is 0.227 e. The standard InChI is InChI=1S/C24H33N3OS/c1-16-22(26-23(29-16)25-19-8-6-5-7-9-19)18-10-11-20-17(14-18)12-13-27(20)21(28)15-24(2,3)4/h10-11,14,19H,5-9,12-13,15H2,1-4H3,(H,25,26). The van der Waals surface area contributed by atoms with Gasteiger partial charge in [0.1, 0.15) is 0 Å². The first-order valence-electron chi connectivity index (χ1n) is 11.0. The molecule has 0 bridgehead atoms. The van der Waals surface area contributed by atoms with Crippen molar-refractivity contribution >= 4 is 28.1 Å². The van der Waals surface area contributed by atoms with E-state index in [0.29, 0.717) is 12.5 Å². The maximum atomic E-state index is 12.7. The van der Waals surface area contributed by atoms with Crippen molar-refractivity contribution in [1.29, 1.82) is 0 Å². The van der Waals surface area contributed by atoms with Crippen LogP contribution in [0.25, 0.3) is 11.3 Å². The van der Waals surface area contributed by atoms with E-state index >= 15 is 0 Å². The second kappa shape index (κ2) is 8.10. The van der Waals surface area contributed by atoms with Crippen LogP contribution in [0.2, 0.25) is 0 Å². The predicted octanol–water partition coefficient (Wildman–Crippen LogP) is 6.19. The third-order valence-electron chi connectivity index (χ3n) is 5.96. The monoisotopic (exact) mass is 411 g/mol. The van der Waals surface area contributed by atoms with E-state index in [4.69, 9.17) is 4.98 Å². The molecule has 156 valence electrons. The van der Waals surface area contributed by atoms with Gasteiger partial charge < -0.3 is 10.2 Å². The fourth-order valence-electron chi connectivity index (χ4n) is 4.50. The van der Waals surface area contributed by atoms with Crippen molar-refractivity contribution < 1.29 is 4.79 Å². The number of carbonyl (C=O) groups excluding carboxylic acids is 1. The van der Waals surface area contributed by atoms with Crippen molar-refractivity contribution in [2.75, 3.05) is 16.8 Å². The van der Waals surface area contributed by atoms with Crippen LogP contribution in [0.5, 0.6) is 0 Å². The highest BCUT2D eigenvalue weighted by Crippen LogP contribution is 2.37. The minimum atomic E-state index is 0.0131. The quantitative estimate of drug-likeness (QED) is 0.652. The van der Waals surface area contributed by atoms with Crippen LogP contribution in [0.1, 0.15) is 69.7 Å². The van der Waals surface area contributed by atoms with Crippen LogP contribution in [0, 0.1) is 12.3 Å². The predicted molar refractivity (Wildman–Crippen MR) is 123 cm³/mol.